The van der Waals surface area contributed by atoms with Crippen LogP contribution in [0.3, 0.4) is 0 Å². The molecule has 2 N–H and O–H groups in total. The van der Waals surface area contributed by atoms with Crippen LogP contribution in [0.1, 0.15) is 19.0 Å². The molecule has 1 aromatic heterocycles. The second-order valence-corrected chi connectivity index (χ2v) is 7.16. The molecule has 1 aliphatic rings. The lowest BCUT2D eigenvalue weighted by Gasteiger charge is -2.22. The second-order valence-electron chi connectivity index (χ2n) is 6.72. The molecule has 2 aromatic rings. The quantitative estimate of drug-likeness (QED) is 0.325. The summed E-state index contributed by atoms with van der Waals surface area (Å²) in [7, 11) is 1.69. The molecular weight excluding hydrogens is 501 g/mol. The predicted octanol–water partition coefficient (Wildman–Crippen LogP) is 3.74. The van der Waals surface area contributed by atoms with Crippen LogP contribution in [0.2, 0.25) is 5.02 Å². The highest BCUT2D eigenvalue weighted by Gasteiger charge is 2.25. The molecule has 3 rings (SSSR count). The summed E-state index contributed by atoms with van der Waals surface area (Å²) in [5.74, 6) is 1.70. The Bertz CT molecular complexity index is 790. The van der Waals surface area contributed by atoms with E-state index in [1.807, 2.05) is 42.6 Å². The van der Waals surface area contributed by atoms with Gasteiger partial charge in [0.05, 0.1) is 12.8 Å². The van der Waals surface area contributed by atoms with Gasteiger partial charge in [0.25, 0.3) is 0 Å². The summed E-state index contributed by atoms with van der Waals surface area (Å²) in [6, 6.07) is 12.0. The molecule has 0 bridgehead atoms. The van der Waals surface area contributed by atoms with Crippen molar-refractivity contribution in [2.45, 2.75) is 25.8 Å². The van der Waals surface area contributed by atoms with Gasteiger partial charge < -0.3 is 20.3 Å². The standard InChI is InChI=1S/C21H28ClN5O.HI/c1-3-23-21(25-12-9-17-6-4-5-11-24-17)26-18-10-13-27(15-18)19-14-16(22)7-8-20(19)28-2;/h4-8,11,14,18H,3,9-10,12-13,15H2,1-2H3,(H2,23,25,26);1H. The van der Waals surface area contributed by atoms with Gasteiger partial charge in [-0.15, -0.1) is 24.0 Å². The first kappa shape index (κ1) is 23.5. The zero-order valence-electron chi connectivity index (χ0n) is 16.9. The number of nitrogens with one attached hydrogen (secondary N) is 2. The number of halogens is 2. The molecule has 1 aliphatic heterocycles. The number of aromatic nitrogens is 1. The highest BCUT2D eigenvalue weighted by Crippen LogP contribution is 2.33. The number of nitrogens with zero attached hydrogens (tertiary/aromatic N) is 3. The largest absolute Gasteiger partial charge is 0.495 e. The number of aliphatic imine (C=N–C) groups is 1. The van der Waals surface area contributed by atoms with Gasteiger partial charge in [-0.25, -0.2) is 0 Å². The van der Waals surface area contributed by atoms with Gasteiger partial charge in [-0.2, -0.15) is 0 Å². The summed E-state index contributed by atoms with van der Waals surface area (Å²) in [6.45, 7) is 5.43. The van der Waals surface area contributed by atoms with Crippen LogP contribution in [-0.4, -0.2) is 50.3 Å². The molecule has 0 saturated carbocycles. The van der Waals surface area contributed by atoms with Crippen molar-refractivity contribution in [2.75, 3.05) is 38.2 Å². The Morgan fingerprint density at radius 1 is 1.34 bits per heavy atom. The summed E-state index contributed by atoms with van der Waals surface area (Å²) in [4.78, 5) is 11.4. The molecular formula is C21H29ClIN5O. The smallest absolute Gasteiger partial charge is 0.191 e. The third-order valence-corrected chi connectivity index (χ3v) is 4.95. The van der Waals surface area contributed by atoms with Crippen molar-refractivity contribution in [1.82, 2.24) is 15.6 Å². The van der Waals surface area contributed by atoms with Gasteiger partial charge in [-0.3, -0.25) is 9.98 Å². The molecule has 0 spiro atoms. The van der Waals surface area contributed by atoms with Gasteiger partial charge in [-0.05, 0) is 43.7 Å². The average Bonchev–Trinajstić information content (AvgIpc) is 3.17. The first-order chi connectivity index (χ1) is 13.7. The fourth-order valence-electron chi connectivity index (χ4n) is 3.35. The highest BCUT2D eigenvalue weighted by atomic mass is 127. The van der Waals surface area contributed by atoms with E-state index in [9.17, 15) is 0 Å². The number of pyridine rings is 1. The lowest BCUT2D eigenvalue weighted by molar-refractivity contribution is 0.415. The van der Waals surface area contributed by atoms with Gasteiger partial charge in [0.1, 0.15) is 5.75 Å². The third kappa shape index (κ3) is 6.92. The molecule has 1 fully saturated rings. The number of hydrogen-bond donors (Lipinski definition) is 2. The van der Waals surface area contributed by atoms with Crippen molar-refractivity contribution in [3.8, 4) is 5.75 Å². The summed E-state index contributed by atoms with van der Waals surface area (Å²) < 4.78 is 5.50. The number of hydrogen-bond acceptors (Lipinski definition) is 4. The zero-order valence-corrected chi connectivity index (χ0v) is 20.0. The fraction of sp³-hybridized carbons (Fsp3) is 0.429. The van der Waals surface area contributed by atoms with Gasteiger partial charge in [0, 0.05) is 55.6 Å². The predicted molar refractivity (Wildman–Crippen MR) is 131 cm³/mol. The van der Waals surface area contributed by atoms with E-state index in [-0.39, 0.29) is 24.0 Å². The van der Waals surface area contributed by atoms with Crippen LogP contribution in [0.5, 0.6) is 5.75 Å². The average molecular weight is 530 g/mol. The molecule has 0 aliphatic carbocycles. The van der Waals surface area contributed by atoms with Crippen molar-refractivity contribution in [3.05, 3.63) is 53.3 Å². The van der Waals surface area contributed by atoms with E-state index in [0.29, 0.717) is 12.6 Å². The van der Waals surface area contributed by atoms with Crippen molar-refractivity contribution < 1.29 is 4.74 Å². The number of benzene rings is 1. The Kier molecular flexibility index (Phi) is 9.80. The first-order valence-corrected chi connectivity index (χ1v) is 10.1. The maximum absolute atomic E-state index is 6.19. The Labute approximate surface area is 195 Å². The molecule has 8 heteroatoms. The minimum Gasteiger partial charge on any atom is -0.495 e. The Balaban J connectivity index is 0.00000300. The molecule has 1 atom stereocenters. The Hall–Kier alpha value is -1.74. The van der Waals surface area contributed by atoms with E-state index in [1.54, 1.807) is 7.11 Å². The lowest BCUT2D eigenvalue weighted by Crippen LogP contribution is -2.44. The van der Waals surface area contributed by atoms with Crippen LogP contribution in [0.4, 0.5) is 5.69 Å². The van der Waals surface area contributed by atoms with Crippen molar-refractivity contribution in [2.24, 2.45) is 4.99 Å². The van der Waals surface area contributed by atoms with E-state index >= 15 is 0 Å². The van der Waals surface area contributed by atoms with Crippen LogP contribution in [-0.2, 0) is 6.42 Å². The normalized spacial score (nSPS) is 16.3. The summed E-state index contributed by atoms with van der Waals surface area (Å²) in [5, 5.41) is 7.61. The van der Waals surface area contributed by atoms with E-state index in [2.05, 4.69) is 27.4 Å². The number of guanidine groups is 1. The number of methoxy groups -OCH3 is 1. The zero-order chi connectivity index (χ0) is 19.8. The van der Waals surface area contributed by atoms with Crippen molar-refractivity contribution >= 4 is 47.2 Å². The molecule has 0 radical (unpaired) electrons. The van der Waals surface area contributed by atoms with Crippen molar-refractivity contribution in [1.29, 1.82) is 0 Å². The number of anilines is 1. The first-order valence-electron chi connectivity index (χ1n) is 9.73. The topological polar surface area (TPSA) is 61.8 Å². The SMILES string of the molecule is CCNC(=NCCc1ccccn1)NC1CCN(c2cc(Cl)ccc2OC)C1.I. The monoisotopic (exact) mass is 529 g/mol. The van der Waals surface area contributed by atoms with E-state index in [4.69, 9.17) is 21.3 Å². The highest BCUT2D eigenvalue weighted by molar-refractivity contribution is 14.0. The fourth-order valence-corrected chi connectivity index (χ4v) is 3.52. The summed E-state index contributed by atoms with van der Waals surface area (Å²) in [6.07, 6.45) is 3.67. The van der Waals surface area contributed by atoms with Gasteiger partial charge in [0.2, 0.25) is 0 Å². The van der Waals surface area contributed by atoms with Crippen LogP contribution in [0, 0.1) is 0 Å². The number of ether oxygens (including phenoxy) is 1. The van der Waals surface area contributed by atoms with Crippen LogP contribution >= 0.6 is 35.6 Å². The summed E-state index contributed by atoms with van der Waals surface area (Å²) >= 11 is 6.19. The minimum atomic E-state index is 0. The number of rotatable bonds is 7. The summed E-state index contributed by atoms with van der Waals surface area (Å²) in [5.41, 5.74) is 2.10. The van der Waals surface area contributed by atoms with Crippen LogP contribution < -0.4 is 20.3 Å². The second kappa shape index (κ2) is 12.1. The van der Waals surface area contributed by atoms with E-state index in [1.165, 1.54) is 0 Å². The van der Waals surface area contributed by atoms with E-state index < -0.39 is 0 Å². The maximum atomic E-state index is 6.19. The molecule has 2 heterocycles. The van der Waals surface area contributed by atoms with Gasteiger partial charge in [-0.1, -0.05) is 17.7 Å². The molecule has 158 valence electrons. The maximum Gasteiger partial charge on any atom is 0.191 e. The van der Waals surface area contributed by atoms with Crippen LogP contribution in [0.25, 0.3) is 0 Å². The molecule has 1 saturated heterocycles. The molecule has 6 nitrogen and oxygen atoms in total. The van der Waals surface area contributed by atoms with Crippen molar-refractivity contribution in [3.63, 3.8) is 0 Å². The van der Waals surface area contributed by atoms with E-state index in [0.717, 1.165) is 60.6 Å². The minimum absolute atomic E-state index is 0. The molecule has 0 amide bonds. The third-order valence-electron chi connectivity index (χ3n) is 4.72. The Morgan fingerprint density at radius 2 is 2.21 bits per heavy atom. The lowest BCUT2D eigenvalue weighted by atomic mass is 10.2. The van der Waals surface area contributed by atoms with Gasteiger partial charge >= 0.3 is 0 Å². The molecule has 1 aromatic carbocycles. The van der Waals surface area contributed by atoms with Gasteiger partial charge in [0.15, 0.2) is 5.96 Å². The van der Waals surface area contributed by atoms with Crippen LogP contribution in [0.15, 0.2) is 47.6 Å². The Morgan fingerprint density at radius 3 is 2.93 bits per heavy atom. The molecule has 29 heavy (non-hydrogen) atoms. The molecule has 1 unspecified atom stereocenters.